The van der Waals surface area contributed by atoms with Crippen molar-refractivity contribution in [1.29, 1.82) is 0 Å². The molecule has 0 amide bonds. The van der Waals surface area contributed by atoms with Crippen LogP contribution in [0.15, 0.2) is 22.7 Å². The van der Waals surface area contributed by atoms with Crippen molar-refractivity contribution in [3.05, 3.63) is 28.5 Å². The number of sulfonamides is 1. The Labute approximate surface area is 115 Å². The fourth-order valence-corrected chi connectivity index (χ4v) is 3.07. The van der Waals surface area contributed by atoms with Crippen molar-refractivity contribution in [3.63, 3.8) is 0 Å². The summed E-state index contributed by atoms with van der Waals surface area (Å²) < 4.78 is 25.7. The van der Waals surface area contributed by atoms with Gasteiger partial charge in [0.25, 0.3) is 0 Å². The Balaban J connectivity index is 2.21. The molecular formula is C10H13N5O2S2. The molecule has 2 N–H and O–H groups in total. The van der Waals surface area contributed by atoms with Gasteiger partial charge in [0, 0.05) is 12.4 Å². The zero-order chi connectivity index (χ0) is 14.0. The molecule has 19 heavy (non-hydrogen) atoms. The van der Waals surface area contributed by atoms with Gasteiger partial charge in [0.2, 0.25) is 16.0 Å². The van der Waals surface area contributed by atoms with Gasteiger partial charge in [-0.15, -0.1) is 11.3 Å². The van der Waals surface area contributed by atoms with E-state index in [1.807, 2.05) is 12.3 Å². The van der Waals surface area contributed by atoms with Gasteiger partial charge in [-0.2, -0.15) is 4.31 Å². The lowest BCUT2D eigenvalue weighted by Crippen LogP contribution is -2.27. The SMILES string of the molecule is Cc1nc(CN(C)S(=O)(=O)c2cnc(N)nc2)cs1. The zero-order valence-corrected chi connectivity index (χ0v) is 12.1. The Morgan fingerprint density at radius 2 is 2.00 bits per heavy atom. The van der Waals surface area contributed by atoms with Gasteiger partial charge in [-0.1, -0.05) is 0 Å². The number of hydrogen-bond donors (Lipinski definition) is 1. The van der Waals surface area contributed by atoms with Crippen LogP contribution in [0.5, 0.6) is 0 Å². The van der Waals surface area contributed by atoms with Crippen LogP contribution in [0, 0.1) is 6.92 Å². The van der Waals surface area contributed by atoms with Crippen molar-refractivity contribution in [1.82, 2.24) is 19.3 Å². The molecule has 0 aliphatic rings. The van der Waals surface area contributed by atoms with Gasteiger partial charge in [-0.25, -0.2) is 23.4 Å². The van der Waals surface area contributed by atoms with Crippen LogP contribution in [0.25, 0.3) is 0 Å². The van der Waals surface area contributed by atoms with E-state index in [1.165, 1.54) is 35.1 Å². The van der Waals surface area contributed by atoms with Crippen molar-refractivity contribution in [2.24, 2.45) is 0 Å². The average Bonchev–Trinajstić information content (AvgIpc) is 2.75. The Morgan fingerprint density at radius 3 is 2.53 bits per heavy atom. The van der Waals surface area contributed by atoms with E-state index in [4.69, 9.17) is 5.73 Å². The molecule has 0 aromatic carbocycles. The molecule has 0 radical (unpaired) electrons. The topological polar surface area (TPSA) is 102 Å². The van der Waals surface area contributed by atoms with E-state index in [1.54, 1.807) is 0 Å². The summed E-state index contributed by atoms with van der Waals surface area (Å²) in [6, 6.07) is 0. The van der Waals surface area contributed by atoms with Crippen LogP contribution in [0.3, 0.4) is 0 Å². The monoisotopic (exact) mass is 299 g/mol. The summed E-state index contributed by atoms with van der Waals surface area (Å²) in [6.07, 6.45) is 2.39. The van der Waals surface area contributed by atoms with Crippen LogP contribution in [0.2, 0.25) is 0 Å². The highest BCUT2D eigenvalue weighted by molar-refractivity contribution is 7.89. The van der Waals surface area contributed by atoms with E-state index in [2.05, 4.69) is 15.0 Å². The van der Waals surface area contributed by atoms with E-state index in [0.29, 0.717) is 5.69 Å². The first-order valence-electron chi connectivity index (χ1n) is 5.34. The number of nitrogens with zero attached hydrogens (tertiary/aromatic N) is 4. The summed E-state index contributed by atoms with van der Waals surface area (Å²) in [4.78, 5) is 11.6. The number of rotatable bonds is 4. The number of aryl methyl sites for hydroxylation is 1. The molecule has 0 saturated heterocycles. The molecule has 0 aliphatic carbocycles. The summed E-state index contributed by atoms with van der Waals surface area (Å²) in [5, 5.41) is 2.73. The minimum atomic E-state index is -3.63. The average molecular weight is 299 g/mol. The van der Waals surface area contributed by atoms with E-state index in [9.17, 15) is 8.42 Å². The molecule has 0 fully saturated rings. The van der Waals surface area contributed by atoms with Gasteiger partial charge in [0.1, 0.15) is 4.90 Å². The van der Waals surface area contributed by atoms with Gasteiger partial charge >= 0.3 is 0 Å². The van der Waals surface area contributed by atoms with Crippen LogP contribution < -0.4 is 5.73 Å². The number of nitrogens with two attached hydrogens (primary N) is 1. The molecule has 0 unspecified atom stereocenters. The van der Waals surface area contributed by atoms with Crippen molar-refractivity contribution in [2.45, 2.75) is 18.4 Å². The second-order valence-electron chi connectivity index (χ2n) is 3.90. The summed E-state index contributed by atoms with van der Waals surface area (Å²) in [7, 11) is -2.14. The number of hydrogen-bond acceptors (Lipinski definition) is 7. The normalized spacial score (nSPS) is 11.9. The van der Waals surface area contributed by atoms with Gasteiger partial charge in [0.15, 0.2) is 0 Å². The van der Waals surface area contributed by atoms with Gasteiger partial charge in [-0.05, 0) is 6.92 Å². The Morgan fingerprint density at radius 1 is 1.37 bits per heavy atom. The largest absolute Gasteiger partial charge is 0.368 e. The summed E-state index contributed by atoms with van der Waals surface area (Å²) in [6.45, 7) is 2.08. The lowest BCUT2D eigenvalue weighted by molar-refractivity contribution is 0.462. The van der Waals surface area contributed by atoms with Gasteiger partial charge < -0.3 is 5.73 Å². The third-order valence-corrected chi connectivity index (χ3v) is 4.99. The summed E-state index contributed by atoms with van der Waals surface area (Å²) >= 11 is 1.48. The molecule has 102 valence electrons. The smallest absolute Gasteiger partial charge is 0.246 e. The fourth-order valence-electron chi connectivity index (χ4n) is 1.43. The Kier molecular flexibility index (Phi) is 3.78. The molecule has 0 atom stereocenters. The van der Waals surface area contributed by atoms with Crippen LogP contribution in [-0.4, -0.2) is 34.7 Å². The number of nitrogen functional groups attached to an aromatic ring is 1. The molecule has 2 rings (SSSR count). The predicted molar refractivity (Wildman–Crippen MR) is 71.9 cm³/mol. The predicted octanol–water partition coefficient (Wildman–Crippen LogP) is 0.644. The van der Waals surface area contributed by atoms with E-state index < -0.39 is 10.0 Å². The molecule has 0 aliphatic heterocycles. The van der Waals surface area contributed by atoms with Crippen LogP contribution >= 0.6 is 11.3 Å². The first kappa shape index (κ1) is 13.8. The number of aromatic nitrogens is 3. The highest BCUT2D eigenvalue weighted by Gasteiger charge is 2.22. The standard InChI is InChI=1S/C10H13N5O2S2/c1-7-14-8(6-18-7)5-15(2)19(16,17)9-3-12-10(11)13-4-9/h3-4,6H,5H2,1-2H3,(H2,11,12,13). The van der Waals surface area contributed by atoms with Crippen LogP contribution in [0.1, 0.15) is 10.7 Å². The first-order valence-corrected chi connectivity index (χ1v) is 7.66. The van der Waals surface area contributed by atoms with Crippen molar-refractivity contribution < 1.29 is 8.42 Å². The van der Waals surface area contributed by atoms with Crippen molar-refractivity contribution >= 4 is 27.3 Å². The van der Waals surface area contributed by atoms with E-state index in [-0.39, 0.29) is 17.4 Å². The molecule has 0 bridgehead atoms. The maximum absolute atomic E-state index is 12.2. The lowest BCUT2D eigenvalue weighted by Gasteiger charge is -2.15. The highest BCUT2D eigenvalue weighted by atomic mass is 32.2. The third-order valence-electron chi connectivity index (χ3n) is 2.41. The second-order valence-corrected chi connectivity index (χ2v) is 7.00. The minimum absolute atomic E-state index is 0.0103. The highest BCUT2D eigenvalue weighted by Crippen LogP contribution is 2.16. The Bertz CT molecular complexity index is 665. The number of thiazole rings is 1. The summed E-state index contributed by atoms with van der Waals surface area (Å²) in [5.74, 6) is 0.0386. The number of anilines is 1. The van der Waals surface area contributed by atoms with E-state index >= 15 is 0 Å². The van der Waals surface area contributed by atoms with Crippen molar-refractivity contribution in [3.8, 4) is 0 Å². The van der Waals surface area contributed by atoms with Crippen LogP contribution in [0.4, 0.5) is 5.95 Å². The zero-order valence-electron chi connectivity index (χ0n) is 10.4. The third kappa shape index (κ3) is 3.06. The molecule has 9 heteroatoms. The van der Waals surface area contributed by atoms with Gasteiger partial charge in [-0.3, -0.25) is 0 Å². The molecule has 0 saturated carbocycles. The summed E-state index contributed by atoms with van der Waals surface area (Å²) in [5.41, 5.74) is 6.05. The molecule has 2 aromatic rings. The molecular weight excluding hydrogens is 286 g/mol. The quantitative estimate of drug-likeness (QED) is 0.889. The lowest BCUT2D eigenvalue weighted by atomic mass is 10.5. The van der Waals surface area contributed by atoms with Gasteiger partial charge in [0.05, 0.1) is 29.6 Å². The minimum Gasteiger partial charge on any atom is -0.368 e. The second kappa shape index (κ2) is 5.19. The molecule has 2 heterocycles. The maximum Gasteiger partial charge on any atom is 0.246 e. The van der Waals surface area contributed by atoms with E-state index in [0.717, 1.165) is 5.01 Å². The molecule has 7 nitrogen and oxygen atoms in total. The Hall–Kier alpha value is -1.58. The maximum atomic E-state index is 12.2. The molecule has 2 aromatic heterocycles. The van der Waals surface area contributed by atoms with Crippen LogP contribution in [-0.2, 0) is 16.6 Å². The fraction of sp³-hybridized carbons (Fsp3) is 0.300. The first-order chi connectivity index (χ1) is 8.89. The van der Waals surface area contributed by atoms with Crippen molar-refractivity contribution in [2.75, 3.05) is 12.8 Å². The molecule has 0 spiro atoms.